The Hall–Kier alpha value is -3.30. The number of ether oxygens (including phenoxy) is 2. The largest absolute Gasteiger partial charge is 0.454 e. The molecule has 1 fully saturated rings. The van der Waals surface area contributed by atoms with Gasteiger partial charge in [0.15, 0.2) is 11.5 Å². The van der Waals surface area contributed by atoms with Crippen LogP contribution in [0.25, 0.3) is 43.8 Å². The maximum absolute atomic E-state index is 6.05. The third-order valence-corrected chi connectivity index (χ3v) is 9.34. The molecule has 1 aliphatic heterocycles. The Balaban J connectivity index is 1.28. The van der Waals surface area contributed by atoms with E-state index in [1.807, 2.05) is 0 Å². The maximum Gasteiger partial charge on any atom is 0.231 e. The maximum atomic E-state index is 6.05. The van der Waals surface area contributed by atoms with E-state index < -0.39 is 0 Å². The number of halogens is 1. The monoisotopic (exact) mass is 576 g/mol. The van der Waals surface area contributed by atoms with Crippen molar-refractivity contribution in [3.63, 3.8) is 0 Å². The summed E-state index contributed by atoms with van der Waals surface area (Å²) < 4.78 is 12.9. The smallest absolute Gasteiger partial charge is 0.231 e. The molecule has 0 bridgehead atoms. The van der Waals surface area contributed by atoms with Gasteiger partial charge in [-0.25, -0.2) is 0 Å². The Kier molecular flexibility index (Phi) is 6.56. The predicted molar refractivity (Wildman–Crippen MR) is 166 cm³/mol. The quantitative estimate of drug-likeness (QED) is 0.207. The van der Waals surface area contributed by atoms with Crippen molar-refractivity contribution < 1.29 is 9.47 Å². The SMILES string of the molecule is CCCC1CCC(c2ccc(-c3ccc4cccc(-c5c6c(cc7ccc(Br)cc57)OCO6)c4c3)cc2)CC1. The highest BCUT2D eigenvalue weighted by Crippen LogP contribution is 2.49. The summed E-state index contributed by atoms with van der Waals surface area (Å²) in [6, 6.07) is 31.3. The lowest BCUT2D eigenvalue weighted by Crippen LogP contribution is -2.13. The van der Waals surface area contributed by atoms with Gasteiger partial charge < -0.3 is 9.47 Å². The van der Waals surface area contributed by atoms with Gasteiger partial charge in [-0.15, -0.1) is 0 Å². The minimum atomic E-state index is 0.252. The Morgan fingerprint density at radius 3 is 2.36 bits per heavy atom. The van der Waals surface area contributed by atoms with E-state index in [0.717, 1.165) is 38.2 Å². The lowest BCUT2D eigenvalue weighted by Gasteiger charge is -2.28. The molecular formula is C36H33BrO2. The van der Waals surface area contributed by atoms with Gasteiger partial charge in [0.2, 0.25) is 6.79 Å². The second-order valence-electron chi connectivity index (χ2n) is 11.2. The van der Waals surface area contributed by atoms with Crippen LogP contribution in [-0.2, 0) is 0 Å². The highest BCUT2D eigenvalue weighted by molar-refractivity contribution is 9.10. The molecule has 1 heterocycles. The first-order valence-electron chi connectivity index (χ1n) is 14.3. The number of rotatable bonds is 5. The molecule has 1 aliphatic carbocycles. The number of hydrogen-bond donors (Lipinski definition) is 0. The van der Waals surface area contributed by atoms with E-state index in [4.69, 9.17) is 9.47 Å². The fourth-order valence-electron chi connectivity index (χ4n) is 6.80. The van der Waals surface area contributed by atoms with Crippen molar-refractivity contribution in [3.05, 3.63) is 95.0 Å². The summed E-state index contributed by atoms with van der Waals surface area (Å²) in [6.07, 6.45) is 8.15. The molecule has 3 heteroatoms. The van der Waals surface area contributed by atoms with Gasteiger partial charge in [-0.05, 0) is 106 Å². The average molecular weight is 578 g/mol. The molecule has 0 saturated heterocycles. The normalized spacial score (nSPS) is 18.6. The summed E-state index contributed by atoms with van der Waals surface area (Å²) in [4.78, 5) is 0. The fraction of sp³-hybridized carbons (Fsp3) is 0.278. The van der Waals surface area contributed by atoms with Crippen molar-refractivity contribution in [1.82, 2.24) is 0 Å². The van der Waals surface area contributed by atoms with Crippen molar-refractivity contribution in [1.29, 1.82) is 0 Å². The van der Waals surface area contributed by atoms with E-state index >= 15 is 0 Å². The minimum absolute atomic E-state index is 0.252. The molecule has 0 aromatic heterocycles. The summed E-state index contributed by atoms with van der Waals surface area (Å²) in [6.45, 7) is 2.57. The van der Waals surface area contributed by atoms with Crippen LogP contribution in [-0.4, -0.2) is 6.79 Å². The number of benzene rings is 5. The van der Waals surface area contributed by atoms with Crippen LogP contribution < -0.4 is 9.47 Å². The first-order valence-corrected chi connectivity index (χ1v) is 15.1. The lowest BCUT2D eigenvalue weighted by molar-refractivity contribution is 0.174. The third-order valence-electron chi connectivity index (χ3n) is 8.85. The molecule has 5 aromatic rings. The first-order chi connectivity index (χ1) is 19.2. The van der Waals surface area contributed by atoms with Crippen LogP contribution in [0.15, 0.2) is 89.4 Å². The van der Waals surface area contributed by atoms with Gasteiger partial charge in [0, 0.05) is 10.0 Å². The molecule has 0 N–H and O–H groups in total. The van der Waals surface area contributed by atoms with E-state index in [2.05, 4.69) is 108 Å². The molecule has 5 aromatic carbocycles. The predicted octanol–water partition coefficient (Wildman–Crippen LogP) is 10.9. The summed E-state index contributed by atoms with van der Waals surface area (Å²) >= 11 is 3.68. The van der Waals surface area contributed by atoms with Crippen molar-refractivity contribution >= 4 is 37.5 Å². The zero-order valence-corrected chi connectivity index (χ0v) is 24.0. The molecule has 7 rings (SSSR count). The third kappa shape index (κ3) is 4.61. The molecular weight excluding hydrogens is 544 g/mol. The molecule has 1 saturated carbocycles. The van der Waals surface area contributed by atoms with Crippen LogP contribution in [0.5, 0.6) is 11.5 Å². The Morgan fingerprint density at radius 1 is 0.744 bits per heavy atom. The summed E-state index contributed by atoms with van der Waals surface area (Å²) in [5.74, 6) is 3.30. The lowest BCUT2D eigenvalue weighted by atomic mass is 9.77. The highest BCUT2D eigenvalue weighted by Gasteiger charge is 2.24. The van der Waals surface area contributed by atoms with Gasteiger partial charge in [0.1, 0.15) is 0 Å². The zero-order chi connectivity index (χ0) is 26.3. The van der Waals surface area contributed by atoms with Crippen LogP contribution in [0.2, 0.25) is 0 Å². The van der Waals surface area contributed by atoms with E-state index in [1.54, 1.807) is 0 Å². The van der Waals surface area contributed by atoms with Crippen molar-refractivity contribution in [3.8, 4) is 33.8 Å². The van der Waals surface area contributed by atoms with E-state index in [0.29, 0.717) is 5.92 Å². The van der Waals surface area contributed by atoms with Gasteiger partial charge in [-0.1, -0.05) is 96.4 Å². The van der Waals surface area contributed by atoms with Crippen LogP contribution in [0.4, 0.5) is 0 Å². The van der Waals surface area contributed by atoms with Crippen molar-refractivity contribution in [2.45, 2.75) is 51.4 Å². The van der Waals surface area contributed by atoms with Gasteiger partial charge in [-0.2, -0.15) is 0 Å². The van der Waals surface area contributed by atoms with Crippen LogP contribution in [0.1, 0.15) is 56.9 Å². The summed E-state index contributed by atoms with van der Waals surface area (Å²) in [7, 11) is 0. The number of fused-ring (bicyclic) bond motifs is 3. The molecule has 2 aliphatic rings. The molecule has 0 atom stereocenters. The molecule has 0 spiro atoms. The van der Waals surface area contributed by atoms with E-state index in [1.165, 1.54) is 71.6 Å². The average Bonchev–Trinajstić information content (AvgIpc) is 3.44. The molecule has 0 amide bonds. The molecule has 39 heavy (non-hydrogen) atoms. The highest BCUT2D eigenvalue weighted by atomic mass is 79.9. The second kappa shape index (κ2) is 10.4. The summed E-state index contributed by atoms with van der Waals surface area (Å²) in [5.41, 5.74) is 6.27. The Morgan fingerprint density at radius 2 is 1.54 bits per heavy atom. The molecule has 196 valence electrons. The van der Waals surface area contributed by atoms with Crippen LogP contribution >= 0.6 is 15.9 Å². The van der Waals surface area contributed by atoms with Crippen LogP contribution in [0.3, 0.4) is 0 Å². The first kappa shape index (κ1) is 24.7. The van der Waals surface area contributed by atoms with E-state index in [-0.39, 0.29) is 6.79 Å². The van der Waals surface area contributed by atoms with Crippen molar-refractivity contribution in [2.24, 2.45) is 5.92 Å². The fourth-order valence-corrected chi connectivity index (χ4v) is 7.16. The zero-order valence-electron chi connectivity index (χ0n) is 22.4. The Labute approximate surface area is 239 Å². The molecule has 0 unspecified atom stereocenters. The Bertz CT molecular complexity index is 1660. The molecule has 2 nitrogen and oxygen atoms in total. The second-order valence-corrected chi connectivity index (χ2v) is 12.1. The molecule has 0 radical (unpaired) electrons. The van der Waals surface area contributed by atoms with Gasteiger partial charge >= 0.3 is 0 Å². The van der Waals surface area contributed by atoms with E-state index in [9.17, 15) is 0 Å². The standard InChI is InChI=1S/C36H33BrO2/c1-2-4-23-7-9-24(10-8-23)25-11-13-26(14-12-25)28-16-15-27-5-3-6-31(32(27)19-28)35-33-21-30(37)18-17-29(33)20-34-36(35)39-22-38-34/h3,5-6,11-21,23-24H,2,4,7-10,22H2,1H3. The topological polar surface area (TPSA) is 18.5 Å². The number of hydrogen-bond acceptors (Lipinski definition) is 2. The van der Waals surface area contributed by atoms with Gasteiger partial charge in [-0.3, -0.25) is 0 Å². The van der Waals surface area contributed by atoms with Gasteiger partial charge in [0.25, 0.3) is 0 Å². The minimum Gasteiger partial charge on any atom is -0.454 e. The van der Waals surface area contributed by atoms with Crippen LogP contribution in [0, 0.1) is 5.92 Å². The van der Waals surface area contributed by atoms with Gasteiger partial charge in [0.05, 0.1) is 0 Å². The van der Waals surface area contributed by atoms with Crippen molar-refractivity contribution in [2.75, 3.05) is 6.79 Å². The summed E-state index contributed by atoms with van der Waals surface area (Å²) in [5, 5.41) is 4.74.